The minimum absolute atomic E-state index is 0.0499. The van der Waals surface area contributed by atoms with Crippen LogP contribution in [0.4, 0.5) is 4.39 Å². The maximum absolute atomic E-state index is 14.1. The number of halogens is 1. The predicted octanol–water partition coefficient (Wildman–Crippen LogP) is 1.60. The molecule has 9 heteroatoms. The van der Waals surface area contributed by atoms with Gasteiger partial charge in [-0.1, -0.05) is 13.8 Å². The molecule has 2 amide bonds. The van der Waals surface area contributed by atoms with Gasteiger partial charge >= 0.3 is 0 Å². The second-order valence-electron chi connectivity index (χ2n) is 6.32. The van der Waals surface area contributed by atoms with Gasteiger partial charge in [0.2, 0.25) is 15.9 Å². The van der Waals surface area contributed by atoms with E-state index >= 15 is 0 Å². The fraction of sp³-hybridized carbons (Fsp3) is 0.556. The van der Waals surface area contributed by atoms with Crippen molar-refractivity contribution in [1.82, 2.24) is 14.5 Å². The summed E-state index contributed by atoms with van der Waals surface area (Å²) >= 11 is 0. The van der Waals surface area contributed by atoms with Gasteiger partial charge in [0, 0.05) is 39.1 Å². The number of sulfonamides is 1. The van der Waals surface area contributed by atoms with Crippen molar-refractivity contribution >= 4 is 21.8 Å². The third-order valence-corrected chi connectivity index (χ3v) is 6.65. The molecule has 1 aromatic carbocycles. The molecule has 0 unspecified atom stereocenters. The number of carbonyl (C=O) groups is 2. The molecule has 1 heterocycles. The van der Waals surface area contributed by atoms with Crippen LogP contribution in [0.15, 0.2) is 23.1 Å². The van der Waals surface area contributed by atoms with Crippen molar-refractivity contribution in [3.8, 4) is 0 Å². The highest BCUT2D eigenvalue weighted by Gasteiger charge is 2.24. The minimum Gasteiger partial charge on any atom is -0.351 e. The van der Waals surface area contributed by atoms with Crippen molar-refractivity contribution < 1.29 is 22.4 Å². The van der Waals surface area contributed by atoms with E-state index in [4.69, 9.17) is 0 Å². The van der Waals surface area contributed by atoms with Crippen LogP contribution in [-0.4, -0.2) is 62.2 Å². The lowest BCUT2D eigenvalue weighted by Gasteiger charge is -2.19. The summed E-state index contributed by atoms with van der Waals surface area (Å²) in [4.78, 5) is 25.9. The quantitative estimate of drug-likeness (QED) is 0.719. The minimum atomic E-state index is -3.79. The molecule has 0 bridgehead atoms. The molecule has 1 saturated heterocycles. The predicted molar refractivity (Wildman–Crippen MR) is 99.3 cm³/mol. The zero-order valence-corrected chi connectivity index (χ0v) is 16.5. The van der Waals surface area contributed by atoms with Crippen LogP contribution in [0, 0.1) is 5.82 Å². The van der Waals surface area contributed by atoms with Gasteiger partial charge < -0.3 is 10.2 Å². The first-order valence-electron chi connectivity index (χ1n) is 9.17. The summed E-state index contributed by atoms with van der Waals surface area (Å²) in [6.07, 6.45) is 2.10. The van der Waals surface area contributed by atoms with Crippen molar-refractivity contribution in [2.45, 2.75) is 38.0 Å². The third-order valence-electron chi connectivity index (χ3n) is 4.61. The topological polar surface area (TPSA) is 86.8 Å². The lowest BCUT2D eigenvalue weighted by atomic mass is 10.2. The first kappa shape index (κ1) is 21.3. The standard InChI is InChI=1S/C18H26FN3O4S/c1-3-22(4-2)27(25,26)14-7-8-16(19)15(13-14)18(24)20-10-9-17(23)21-11-5-6-12-21/h7-8,13H,3-6,9-12H2,1-2H3,(H,20,24). The molecular weight excluding hydrogens is 373 g/mol. The van der Waals surface area contributed by atoms with E-state index in [1.54, 1.807) is 18.7 Å². The van der Waals surface area contributed by atoms with Gasteiger partial charge in [-0.2, -0.15) is 4.31 Å². The Morgan fingerprint density at radius 3 is 2.41 bits per heavy atom. The summed E-state index contributed by atoms with van der Waals surface area (Å²) in [5.41, 5.74) is -0.350. The Balaban J connectivity index is 2.06. The number of carbonyl (C=O) groups excluding carboxylic acids is 2. The second kappa shape index (κ2) is 9.27. The Morgan fingerprint density at radius 2 is 1.81 bits per heavy atom. The molecular formula is C18H26FN3O4S. The van der Waals surface area contributed by atoms with Crippen LogP contribution >= 0.6 is 0 Å². The molecule has 0 aliphatic carbocycles. The highest BCUT2D eigenvalue weighted by Crippen LogP contribution is 2.19. The van der Waals surface area contributed by atoms with Crippen molar-refractivity contribution in [3.05, 3.63) is 29.6 Å². The van der Waals surface area contributed by atoms with Crippen LogP contribution in [0.1, 0.15) is 43.5 Å². The van der Waals surface area contributed by atoms with Crippen LogP contribution in [0.25, 0.3) is 0 Å². The first-order chi connectivity index (χ1) is 12.8. The molecule has 1 aliphatic heterocycles. The highest BCUT2D eigenvalue weighted by molar-refractivity contribution is 7.89. The molecule has 1 aliphatic rings. The van der Waals surface area contributed by atoms with Crippen LogP contribution in [0.2, 0.25) is 0 Å². The van der Waals surface area contributed by atoms with Crippen LogP contribution < -0.4 is 5.32 Å². The van der Waals surface area contributed by atoms with Gasteiger partial charge in [-0.25, -0.2) is 12.8 Å². The van der Waals surface area contributed by atoms with Crippen molar-refractivity contribution in [3.63, 3.8) is 0 Å². The van der Waals surface area contributed by atoms with E-state index in [-0.39, 0.29) is 42.4 Å². The number of nitrogens with one attached hydrogen (secondary N) is 1. The Bertz CT molecular complexity index is 788. The summed E-state index contributed by atoms with van der Waals surface area (Å²) in [5, 5.41) is 2.50. The molecule has 0 atom stereocenters. The molecule has 2 rings (SSSR count). The lowest BCUT2D eigenvalue weighted by Crippen LogP contribution is -2.33. The summed E-state index contributed by atoms with van der Waals surface area (Å²) in [5.74, 6) is -1.60. The van der Waals surface area contributed by atoms with E-state index in [2.05, 4.69) is 5.32 Å². The first-order valence-corrected chi connectivity index (χ1v) is 10.6. The zero-order valence-electron chi connectivity index (χ0n) is 15.7. The SMILES string of the molecule is CCN(CC)S(=O)(=O)c1ccc(F)c(C(=O)NCCC(=O)N2CCCC2)c1. The van der Waals surface area contributed by atoms with E-state index in [0.29, 0.717) is 0 Å². The van der Waals surface area contributed by atoms with Gasteiger partial charge in [0.25, 0.3) is 5.91 Å². The van der Waals surface area contributed by atoms with E-state index in [1.807, 2.05) is 0 Å². The summed E-state index contributed by atoms with van der Waals surface area (Å²) < 4.78 is 40.4. The molecule has 7 nitrogen and oxygen atoms in total. The number of hydrogen-bond donors (Lipinski definition) is 1. The maximum Gasteiger partial charge on any atom is 0.254 e. The molecule has 0 aromatic heterocycles. The molecule has 1 fully saturated rings. The summed E-state index contributed by atoms with van der Waals surface area (Å²) in [6.45, 7) is 5.48. The fourth-order valence-corrected chi connectivity index (χ4v) is 4.54. The Hall–Kier alpha value is -2.00. The number of rotatable bonds is 8. The van der Waals surface area contributed by atoms with E-state index in [1.165, 1.54) is 4.31 Å². The second-order valence-corrected chi connectivity index (χ2v) is 8.26. The summed E-state index contributed by atoms with van der Waals surface area (Å²) in [6, 6.07) is 3.16. The molecule has 0 radical (unpaired) electrons. The molecule has 150 valence electrons. The van der Waals surface area contributed by atoms with E-state index in [0.717, 1.165) is 44.1 Å². The fourth-order valence-electron chi connectivity index (χ4n) is 3.05. The summed E-state index contributed by atoms with van der Waals surface area (Å²) in [7, 11) is -3.79. The third kappa shape index (κ3) is 5.04. The number of amides is 2. The Labute approximate surface area is 159 Å². The van der Waals surface area contributed by atoms with Gasteiger partial charge in [0.15, 0.2) is 0 Å². The van der Waals surface area contributed by atoms with Gasteiger partial charge in [0.1, 0.15) is 5.82 Å². The van der Waals surface area contributed by atoms with Gasteiger partial charge in [-0.3, -0.25) is 9.59 Å². The normalized spacial score (nSPS) is 14.6. The van der Waals surface area contributed by atoms with Crippen molar-refractivity contribution in [2.75, 3.05) is 32.7 Å². The van der Waals surface area contributed by atoms with Crippen LogP contribution in [0.3, 0.4) is 0 Å². The van der Waals surface area contributed by atoms with Gasteiger partial charge in [-0.15, -0.1) is 0 Å². The highest BCUT2D eigenvalue weighted by atomic mass is 32.2. The molecule has 1 aromatic rings. The Morgan fingerprint density at radius 1 is 1.19 bits per heavy atom. The number of benzene rings is 1. The Kier molecular flexibility index (Phi) is 7.32. The average Bonchev–Trinajstić information content (AvgIpc) is 3.17. The van der Waals surface area contributed by atoms with Gasteiger partial charge in [-0.05, 0) is 31.0 Å². The van der Waals surface area contributed by atoms with Crippen molar-refractivity contribution in [1.29, 1.82) is 0 Å². The number of likely N-dealkylation sites (tertiary alicyclic amines) is 1. The average molecular weight is 399 g/mol. The maximum atomic E-state index is 14.1. The van der Waals surface area contributed by atoms with Gasteiger partial charge in [0.05, 0.1) is 10.5 Å². The van der Waals surface area contributed by atoms with E-state index in [9.17, 15) is 22.4 Å². The molecule has 0 spiro atoms. The zero-order chi connectivity index (χ0) is 20.0. The van der Waals surface area contributed by atoms with E-state index < -0.39 is 21.7 Å². The van der Waals surface area contributed by atoms with Crippen molar-refractivity contribution in [2.24, 2.45) is 0 Å². The number of hydrogen-bond acceptors (Lipinski definition) is 4. The molecule has 0 saturated carbocycles. The van der Waals surface area contributed by atoms with Crippen LogP contribution in [-0.2, 0) is 14.8 Å². The molecule has 27 heavy (non-hydrogen) atoms. The van der Waals surface area contributed by atoms with Crippen LogP contribution in [0.5, 0.6) is 0 Å². The lowest BCUT2D eigenvalue weighted by molar-refractivity contribution is -0.129. The monoisotopic (exact) mass is 399 g/mol. The smallest absolute Gasteiger partial charge is 0.254 e. The number of nitrogens with zero attached hydrogens (tertiary/aromatic N) is 2. The molecule has 1 N–H and O–H groups in total. The largest absolute Gasteiger partial charge is 0.351 e.